The average molecular weight is 355 g/mol. The summed E-state index contributed by atoms with van der Waals surface area (Å²) in [6, 6.07) is 30.4. The molecular formula is C27H30. The molecular weight excluding hydrogens is 324 g/mol. The maximum Gasteiger partial charge on any atom is 0.00897 e. The van der Waals surface area contributed by atoms with E-state index in [2.05, 4.69) is 118 Å². The van der Waals surface area contributed by atoms with Crippen LogP contribution in [0.3, 0.4) is 0 Å². The van der Waals surface area contributed by atoms with Crippen molar-refractivity contribution in [2.45, 2.75) is 39.5 Å². The van der Waals surface area contributed by atoms with Crippen LogP contribution in [0.25, 0.3) is 12.2 Å². The Bertz CT molecular complexity index is 851. The minimum absolute atomic E-state index is 0.345. The smallest absolute Gasteiger partial charge is 0.00897 e. The molecule has 0 amide bonds. The van der Waals surface area contributed by atoms with E-state index in [1.807, 2.05) is 0 Å². The Balaban J connectivity index is 1.87. The summed E-state index contributed by atoms with van der Waals surface area (Å²) in [5.41, 5.74) is 5.65. The van der Waals surface area contributed by atoms with Gasteiger partial charge in [0.2, 0.25) is 0 Å². The largest absolute Gasteiger partial charge is 0.0622 e. The van der Waals surface area contributed by atoms with E-state index in [9.17, 15) is 0 Å². The summed E-state index contributed by atoms with van der Waals surface area (Å²) < 4.78 is 0. The van der Waals surface area contributed by atoms with Crippen molar-refractivity contribution in [2.75, 3.05) is 0 Å². The predicted octanol–water partition coefficient (Wildman–Crippen LogP) is 7.82. The maximum absolute atomic E-state index is 2.35. The lowest BCUT2D eigenvalue weighted by molar-refractivity contribution is 0.356. The van der Waals surface area contributed by atoms with Crippen LogP contribution >= 0.6 is 0 Å². The SMILES string of the molecule is CC(C)(C)CCC(c1ccccc1)c1cccc(/C=C/c2ccccc2)c1. The van der Waals surface area contributed by atoms with Gasteiger partial charge >= 0.3 is 0 Å². The summed E-state index contributed by atoms with van der Waals surface area (Å²) in [6.07, 6.45) is 6.77. The van der Waals surface area contributed by atoms with Crippen LogP contribution in [0, 0.1) is 5.41 Å². The average Bonchev–Trinajstić information content (AvgIpc) is 2.68. The van der Waals surface area contributed by atoms with Gasteiger partial charge in [0, 0.05) is 5.92 Å². The predicted molar refractivity (Wildman–Crippen MR) is 119 cm³/mol. The van der Waals surface area contributed by atoms with Crippen molar-refractivity contribution >= 4 is 12.2 Å². The molecule has 27 heavy (non-hydrogen) atoms. The maximum atomic E-state index is 2.35. The fourth-order valence-electron chi connectivity index (χ4n) is 3.42. The molecule has 0 spiro atoms. The molecule has 1 unspecified atom stereocenters. The highest BCUT2D eigenvalue weighted by Crippen LogP contribution is 2.34. The van der Waals surface area contributed by atoms with Crippen molar-refractivity contribution in [3.8, 4) is 0 Å². The second kappa shape index (κ2) is 8.86. The Morgan fingerprint density at radius 1 is 0.667 bits per heavy atom. The van der Waals surface area contributed by atoms with Gasteiger partial charge in [-0.15, -0.1) is 0 Å². The highest BCUT2D eigenvalue weighted by atomic mass is 14.2. The van der Waals surface area contributed by atoms with Gasteiger partial charge in [0.05, 0.1) is 0 Å². The Hall–Kier alpha value is -2.60. The molecule has 0 heterocycles. The van der Waals surface area contributed by atoms with Gasteiger partial charge in [-0.25, -0.2) is 0 Å². The number of benzene rings is 3. The van der Waals surface area contributed by atoms with E-state index < -0.39 is 0 Å². The first kappa shape index (κ1) is 19.2. The minimum atomic E-state index is 0.345. The van der Waals surface area contributed by atoms with Gasteiger partial charge in [-0.1, -0.05) is 118 Å². The molecule has 0 aliphatic rings. The summed E-state index contributed by atoms with van der Waals surface area (Å²) in [5, 5.41) is 0. The van der Waals surface area contributed by atoms with Crippen molar-refractivity contribution in [3.05, 3.63) is 107 Å². The normalized spacial score (nSPS) is 13.0. The van der Waals surface area contributed by atoms with Gasteiger partial charge < -0.3 is 0 Å². The molecule has 0 nitrogen and oxygen atoms in total. The summed E-state index contributed by atoms with van der Waals surface area (Å²) in [5.74, 6) is 0.440. The fraction of sp³-hybridized carbons (Fsp3) is 0.259. The van der Waals surface area contributed by atoms with Crippen molar-refractivity contribution < 1.29 is 0 Å². The summed E-state index contributed by atoms with van der Waals surface area (Å²) in [6.45, 7) is 6.98. The highest BCUT2D eigenvalue weighted by molar-refractivity contribution is 5.69. The fourth-order valence-corrected chi connectivity index (χ4v) is 3.42. The van der Waals surface area contributed by atoms with Crippen LogP contribution in [0.5, 0.6) is 0 Å². The second-order valence-electron chi connectivity index (χ2n) is 8.48. The molecule has 0 aromatic heterocycles. The van der Waals surface area contributed by atoms with E-state index in [4.69, 9.17) is 0 Å². The first-order chi connectivity index (χ1) is 13.0. The first-order valence-electron chi connectivity index (χ1n) is 9.89. The molecule has 0 N–H and O–H groups in total. The Morgan fingerprint density at radius 2 is 1.22 bits per heavy atom. The van der Waals surface area contributed by atoms with Crippen LogP contribution in [0.2, 0.25) is 0 Å². The summed E-state index contributed by atoms with van der Waals surface area (Å²) in [7, 11) is 0. The lowest BCUT2D eigenvalue weighted by atomic mass is 9.81. The lowest BCUT2D eigenvalue weighted by Gasteiger charge is -2.24. The zero-order valence-electron chi connectivity index (χ0n) is 16.7. The van der Waals surface area contributed by atoms with Gasteiger partial charge in [0.25, 0.3) is 0 Å². The van der Waals surface area contributed by atoms with E-state index in [0.717, 1.165) is 0 Å². The standard InChI is InChI=1S/C27H30/c1-27(2,3)20-19-26(24-14-8-5-9-15-24)25-16-10-13-23(21-25)18-17-22-11-6-4-7-12-22/h4-18,21,26H,19-20H2,1-3H3/b18-17+. The zero-order chi connectivity index (χ0) is 19.1. The van der Waals surface area contributed by atoms with E-state index in [-0.39, 0.29) is 0 Å². The van der Waals surface area contributed by atoms with Crippen molar-refractivity contribution in [1.29, 1.82) is 0 Å². The van der Waals surface area contributed by atoms with Crippen LogP contribution in [0.1, 0.15) is 61.8 Å². The molecule has 138 valence electrons. The molecule has 1 atom stereocenters. The Labute approximate surface area is 164 Å². The van der Waals surface area contributed by atoms with Gasteiger partial charge in [-0.2, -0.15) is 0 Å². The second-order valence-corrected chi connectivity index (χ2v) is 8.48. The molecule has 0 saturated heterocycles. The molecule has 3 aromatic carbocycles. The molecule has 0 fully saturated rings. The number of rotatable bonds is 6. The highest BCUT2D eigenvalue weighted by Gasteiger charge is 2.18. The van der Waals surface area contributed by atoms with Gasteiger partial charge in [0.1, 0.15) is 0 Å². The van der Waals surface area contributed by atoms with Crippen LogP contribution in [-0.2, 0) is 0 Å². The number of hydrogen-bond donors (Lipinski definition) is 0. The van der Waals surface area contributed by atoms with E-state index >= 15 is 0 Å². The Kier molecular flexibility index (Phi) is 6.29. The molecule has 0 radical (unpaired) electrons. The van der Waals surface area contributed by atoms with Gasteiger partial charge in [-0.3, -0.25) is 0 Å². The lowest BCUT2D eigenvalue weighted by Crippen LogP contribution is -2.09. The summed E-state index contributed by atoms with van der Waals surface area (Å²) >= 11 is 0. The van der Waals surface area contributed by atoms with Crippen LogP contribution in [-0.4, -0.2) is 0 Å². The molecule has 0 bridgehead atoms. The number of hydrogen-bond acceptors (Lipinski definition) is 0. The molecule has 0 aliphatic heterocycles. The molecule has 0 aliphatic carbocycles. The quantitative estimate of drug-likeness (QED) is 0.396. The topological polar surface area (TPSA) is 0 Å². The van der Waals surface area contributed by atoms with Crippen molar-refractivity contribution in [2.24, 2.45) is 5.41 Å². The third-order valence-corrected chi connectivity index (χ3v) is 4.97. The third kappa shape index (κ3) is 5.96. The van der Waals surface area contributed by atoms with Crippen molar-refractivity contribution in [1.82, 2.24) is 0 Å². The van der Waals surface area contributed by atoms with Crippen LogP contribution in [0.4, 0.5) is 0 Å². The van der Waals surface area contributed by atoms with Crippen molar-refractivity contribution in [3.63, 3.8) is 0 Å². The van der Waals surface area contributed by atoms with Gasteiger partial charge in [0.15, 0.2) is 0 Å². The van der Waals surface area contributed by atoms with Crippen LogP contribution in [0.15, 0.2) is 84.9 Å². The molecule has 3 aromatic rings. The zero-order valence-corrected chi connectivity index (χ0v) is 16.7. The monoisotopic (exact) mass is 354 g/mol. The van der Waals surface area contributed by atoms with E-state index in [1.54, 1.807) is 0 Å². The molecule has 0 heteroatoms. The Morgan fingerprint density at radius 3 is 1.89 bits per heavy atom. The van der Waals surface area contributed by atoms with Gasteiger partial charge in [-0.05, 0) is 40.5 Å². The third-order valence-electron chi connectivity index (χ3n) is 4.97. The molecule has 3 rings (SSSR count). The van der Waals surface area contributed by atoms with E-state index in [0.29, 0.717) is 11.3 Å². The summed E-state index contributed by atoms with van der Waals surface area (Å²) in [4.78, 5) is 0. The van der Waals surface area contributed by atoms with E-state index in [1.165, 1.54) is 35.1 Å². The minimum Gasteiger partial charge on any atom is -0.0622 e. The molecule has 0 saturated carbocycles. The van der Waals surface area contributed by atoms with Crippen LogP contribution < -0.4 is 0 Å². The first-order valence-corrected chi connectivity index (χ1v) is 9.89.